The molecule has 12 heteroatoms. The first-order chi connectivity index (χ1) is 12.7. The van der Waals surface area contributed by atoms with Crippen molar-refractivity contribution in [2.45, 2.75) is 0 Å². The van der Waals surface area contributed by atoms with Gasteiger partial charge in [-0.2, -0.15) is 0 Å². The van der Waals surface area contributed by atoms with Crippen LogP contribution in [0, 0.1) is 15.5 Å². The van der Waals surface area contributed by atoms with E-state index in [9.17, 15) is 28.5 Å². The van der Waals surface area contributed by atoms with Crippen molar-refractivity contribution in [3.05, 3.63) is 75.5 Å². The van der Waals surface area contributed by atoms with Gasteiger partial charge in [-0.15, -0.1) is 10.2 Å². The molecule has 0 radical (unpaired) electrons. The van der Waals surface area contributed by atoms with Gasteiger partial charge in [-0.3, -0.25) is 24.6 Å². The molecule has 28 heavy (non-hydrogen) atoms. The normalized spacial score (nSPS) is 16.1. The van der Waals surface area contributed by atoms with E-state index in [0.717, 1.165) is 12.1 Å². The molecule has 10 nitrogen and oxygen atoms in total. The third-order valence-electron chi connectivity index (χ3n) is 3.70. The Morgan fingerprint density at radius 3 is 2.43 bits per heavy atom. The molecule has 2 aliphatic carbocycles. The second-order valence-electron chi connectivity index (χ2n) is 5.47. The summed E-state index contributed by atoms with van der Waals surface area (Å²) < 4.78 is 29.9. The predicted molar refractivity (Wildman–Crippen MR) is 98.8 cm³/mol. The minimum Gasteiger partial charge on any atom is -0.505 e. The van der Waals surface area contributed by atoms with Crippen LogP contribution in [0.15, 0.2) is 75.7 Å². The zero-order valence-electron chi connectivity index (χ0n) is 13.8. The Morgan fingerprint density at radius 1 is 1.11 bits per heavy atom. The van der Waals surface area contributed by atoms with Crippen LogP contribution in [-0.2, 0) is 27.4 Å². The van der Waals surface area contributed by atoms with E-state index in [4.69, 9.17) is 5.41 Å². The van der Waals surface area contributed by atoms with E-state index < -0.39 is 20.8 Å². The van der Waals surface area contributed by atoms with Crippen molar-refractivity contribution in [1.29, 1.82) is 5.41 Å². The van der Waals surface area contributed by atoms with Gasteiger partial charge in [0.05, 0.1) is 21.6 Å². The molecule has 0 unspecified atom stereocenters. The first-order valence-electron chi connectivity index (χ1n) is 7.33. The van der Waals surface area contributed by atoms with E-state index in [1.165, 1.54) is 36.4 Å². The fourth-order valence-corrected chi connectivity index (χ4v) is 2.90. The van der Waals surface area contributed by atoms with Gasteiger partial charge in [-0.1, -0.05) is 12.2 Å². The van der Waals surface area contributed by atoms with E-state index in [0.29, 0.717) is 11.1 Å². The number of phenols is 1. The number of benzene rings is 1. The Morgan fingerprint density at radius 2 is 1.82 bits per heavy atom. The van der Waals surface area contributed by atoms with Crippen molar-refractivity contribution in [2.24, 2.45) is 10.2 Å². The third kappa shape index (κ3) is 4.33. The van der Waals surface area contributed by atoms with Crippen LogP contribution in [0.2, 0.25) is 0 Å². The smallest absolute Gasteiger partial charge is 0.273 e. The Balaban J connectivity index is 0.00000280. The minimum absolute atomic E-state index is 0. The number of allylic oxidation sites excluding steroid dienone is 7. The quantitative estimate of drug-likeness (QED) is 0.243. The summed E-state index contributed by atoms with van der Waals surface area (Å²) in [4.78, 5) is 9.84. The van der Waals surface area contributed by atoms with Crippen molar-refractivity contribution in [1.82, 2.24) is 0 Å². The average Bonchev–Trinajstić information content (AvgIpc) is 2.60. The van der Waals surface area contributed by atoms with Crippen molar-refractivity contribution < 1.29 is 40.7 Å². The molecular formula is C16H12CrN4O6S. The van der Waals surface area contributed by atoms with Gasteiger partial charge in [0.2, 0.25) is 10.1 Å². The summed E-state index contributed by atoms with van der Waals surface area (Å²) >= 11 is 0. The number of azo groups is 1. The van der Waals surface area contributed by atoms with Crippen LogP contribution >= 0.6 is 0 Å². The second kappa shape index (κ2) is 8.01. The Labute approximate surface area is 169 Å². The molecule has 0 saturated heterocycles. The molecule has 0 fully saturated rings. The van der Waals surface area contributed by atoms with Gasteiger partial charge in [-0.05, 0) is 29.9 Å². The van der Waals surface area contributed by atoms with Gasteiger partial charge >= 0.3 is 0 Å². The average molecular weight is 440 g/mol. The summed E-state index contributed by atoms with van der Waals surface area (Å²) in [5.41, 5.74) is 0.679. The van der Waals surface area contributed by atoms with E-state index in [2.05, 4.69) is 10.2 Å². The SMILES string of the molecule is N=C1C=CC2=CC(=S(=O)(O)O)C=CC2=C1N=Nc1ccc([N+](=O)[O-])cc1O.[Cr]. The van der Waals surface area contributed by atoms with Crippen LogP contribution in [0.3, 0.4) is 0 Å². The van der Waals surface area contributed by atoms with Gasteiger partial charge in [0.15, 0.2) is 0 Å². The zero-order valence-corrected chi connectivity index (χ0v) is 15.9. The molecule has 0 aromatic heterocycles. The molecule has 2 aliphatic rings. The Bertz CT molecular complexity index is 1150. The fraction of sp³-hybridized carbons (Fsp3) is 0. The third-order valence-corrected chi connectivity index (χ3v) is 4.57. The maximum Gasteiger partial charge on any atom is 0.273 e. The molecule has 0 saturated carbocycles. The van der Waals surface area contributed by atoms with Gasteiger partial charge < -0.3 is 5.11 Å². The van der Waals surface area contributed by atoms with Crippen molar-refractivity contribution in [2.75, 3.05) is 0 Å². The van der Waals surface area contributed by atoms with Crippen molar-refractivity contribution >= 4 is 32.0 Å². The van der Waals surface area contributed by atoms with Crippen LogP contribution < -0.4 is 0 Å². The molecule has 1 aromatic rings. The standard InChI is InChI=1S/C16H12N4O6S.Cr/c17-13-5-1-9-7-11(27(24,25)26)3-4-12(9)16(13)19-18-14-6-2-10(20(22)23)8-15(14)21;/h1-8,17,21H,(H2,24,25,26);. The number of fused-ring (bicyclic) bond motifs is 1. The second-order valence-corrected chi connectivity index (χ2v) is 6.94. The van der Waals surface area contributed by atoms with Gasteiger partial charge in [0, 0.05) is 29.0 Å². The van der Waals surface area contributed by atoms with Crippen LogP contribution in [0.1, 0.15) is 0 Å². The number of aromatic hydroxyl groups is 1. The molecule has 3 rings (SSSR count). The molecule has 0 atom stereocenters. The molecule has 144 valence electrons. The van der Waals surface area contributed by atoms with Gasteiger partial charge in [0.1, 0.15) is 17.1 Å². The summed E-state index contributed by atoms with van der Waals surface area (Å²) in [7, 11) is -4.13. The van der Waals surface area contributed by atoms with Gasteiger partial charge in [0.25, 0.3) is 5.69 Å². The Hall–Kier alpha value is -2.88. The van der Waals surface area contributed by atoms with Crippen LogP contribution in [0.5, 0.6) is 5.75 Å². The van der Waals surface area contributed by atoms with Crippen molar-refractivity contribution in [3.63, 3.8) is 0 Å². The molecule has 0 heterocycles. The maximum absolute atomic E-state index is 11.4. The summed E-state index contributed by atoms with van der Waals surface area (Å²) in [6.07, 6.45) is 6.85. The largest absolute Gasteiger partial charge is 0.505 e. The molecule has 4 N–H and O–H groups in total. The first-order valence-corrected chi connectivity index (χ1v) is 8.80. The van der Waals surface area contributed by atoms with Crippen LogP contribution in [-0.4, -0.2) is 33.9 Å². The zero-order chi connectivity index (χ0) is 19.8. The number of nitro groups is 1. The number of nitrogens with zero attached hydrogens (tertiary/aromatic N) is 3. The topological polar surface area (TPSA) is 169 Å². The number of nitro benzene ring substituents is 1. The van der Waals surface area contributed by atoms with Crippen LogP contribution in [0.4, 0.5) is 11.4 Å². The van der Waals surface area contributed by atoms with E-state index in [-0.39, 0.29) is 45.0 Å². The summed E-state index contributed by atoms with van der Waals surface area (Å²) in [6, 6.07) is 3.31. The van der Waals surface area contributed by atoms with E-state index in [1.54, 1.807) is 0 Å². The molecule has 0 bridgehead atoms. The van der Waals surface area contributed by atoms with E-state index >= 15 is 0 Å². The minimum atomic E-state index is -4.13. The Kier molecular flexibility index (Phi) is 6.13. The summed E-state index contributed by atoms with van der Waals surface area (Å²) in [5, 5.41) is 36.3. The number of non-ortho nitro benzene ring substituents is 1. The molecule has 0 amide bonds. The summed E-state index contributed by atoms with van der Waals surface area (Å²) in [6.45, 7) is 0. The fourth-order valence-electron chi connectivity index (χ4n) is 2.38. The number of hydrogen-bond acceptors (Lipinski definition) is 7. The van der Waals surface area contributed by atoms with Gasteiger partial charge in [-0.25, -0.2) is 4.21 Å². The summed E-state index contributed by atoms with van der Waals surface area (Å²) in [5.74, 6) is -0.442. The number of hydrogen-bond donors (Lipinski definition) is 4. The first kappa shape index (κ1) is 21.4. The predicted octanol–water partition coefficient (Wildman–Crippen LogP) is 3.12. The van der Waals surface area contributed by atoms with Crippen LogP contribution in [0.25, 0.3) is 0 Å². The molecular weight excluding hydrogens is 428 g/mol. The maximum atomic E-state index is 11.4. The van der Waals surface area contributed by atoms with E-state index in [1.807, 2.05) is 0 Å². The number of phenolic OH excluding ortho intramolecular Hbond substituents is 1. The monoisotopic (exact) mass is 440 g/mol. The number of rotatable bonds is 3. The molecule has 0 spiro atoms. The van der Waals surface area contributed by atoms with Crippen molar-refractivity contribution in [3.8, 4) is 5.75 Å². The molecule has 1 aromatic carbocycles. The molecule has 0 aliphatic heterocycles. The number of nitrogens with one attached hydrogen (secondary N) is 1.